The molecular weight excluding hydrogens is 150 g/mol. The highest BCUT2D eigenvalue weighted by molar-refractivity contribution is 4.93. The minimum Gasteiger partial charge on any atom is -0.380 e. The summed E-state index contributed by atoms with van der Waals surface area (Å²) in [4.78, 5) is 0. The van der Waals surface area contributed by atoms with Crippen molar-refractivity contribution >= 4 is 0 Å². The maximum atomic E-state index is 6.30. The number of rotatable bonds is 3. The minimum atomic E-state index is -0.0260. The summed E-state index contributed by atoms with van der Waals surface area (Å²) in [5, 5.41) is 0. The van der Waals surface area contributed by atoms with Crippen LogP contribution in [-0.2, 0) is 4.74 Å². The standard InChI is InChI=1S/C10H21NO/c1-3-9(12-2)10(11)7-5-4-6-8-10/h9H,3-8,11H2,1-2H3. The second-order valence-electron chi connectivity index (χ2n) is 3.93. The van der Waals surface area contributed by atoms with Gasteiger partial charge in [0.05, 0.1) is 6.10 Å². The molecule has 0 aromatic rings. The molecule has 1 aliphatic rings. The van der Waals surface area contributed by atoms with Crippen molar-refractivity contribution < 1.29 is 4.74 Å². The van der Waals surface area contributed by atoms with Gasteiger partial charge in [0.1, 0.15) is 0 Å². The highest BCUT2D eigenvalue weighted by atomic mass is 16.5. The van der Waals surface area contributed by atoms with Gasteiger partial charge in [0.25, 0.3) is 0 Å². The normalized spacial score (nSPS) is 25.2. The Morgan fingerprint density at radius 3 is 2.33 bits per heavy atom. The van der Waals surface area contributed by atoms with E-state index in [0.29, 0.717) is 0 Å². The molecule has 1 saturated carbocycles. The van der Waals surface area contributed by atoms with Crippen molar-refractivity contribution in [3.8, 4) is 0 Å². The Labute approximate surface area is 75.5 Å². The van der Waals surface area contributed by atoms with Crippen LogP contribution in [0.5, 0.6) is 0 Å². The number of hydrogen-bond donors (Lipinski definition) is 1. The molecular formula is C10H21NO. The van der Waals surface area contributed by atoms with Gasteiger partial charge < -0.3 is 10.5 Å². The fourth-order valence-electron chi connectivity index (χ4n) is 2.34. The Kier molecular flexibility index (Phi) is 3.53. The Balaban J connectivity index is 2.53. The lowest BCUT2D eigenvalue weighted by molar-refractivity contribution is 0.0149. The zero-order valence-electron chi connectivity index (χ0n) is 8.31. The SMILES string of the molecule is CCC(OC)C1(N)CCCCC1. The summed E-state index contributed by atoms with van der Waals surface area (Å²) in [7, 11) is 1.78. The lowest BCUT2D eigenvalue weighted by Gasteiger charge is -2.39. The largest absolute Gasteiger partial charge is 0.380 e. The van der Waals surface area contributed by atoms with Crippen LogP contribution >= 0.6 is 0 Å². The summed E-state index contributed by atoms with van der Waals surface area (Å²) < 4.78 is 5.42. The maximum absolute atomic E-state index is 6.30. The lowest BCUT2D eigenvalue weighted by atomic mass is 9.77. The van der Waals surface area contributed by atoms with Gasteiger partial charge in [-0.25, -0.2) is 0 Å². The number of methoxy groups -OCH3 is 1. The van der Waals surface area contributed by atoms with Crippen molar-refractivity contribution in [3.63, 3.8) is 0 Å². The van der Waals surface area contributed by atoms with Crippen molar-refractivity contribution in [2.75, 3.05) is 7.11 Å². The Morgan fingerprint density at radius 2 is 1.92 bits per heavy atom. The van der Waals surface area contributed by atoms with E-state index in [4.69, 9.17) is 10.5 Å². The van der Waals surface area contributed by atoms with E-state index >= 15 is 0 Å². The molecule has 0 aliphatic heterocycles. The van der Waals surface area contributed by atoms with Crippen LogP contribution in [0.1, 0.15) is 45.4 Å². The Hall–Kier alpha value is -0.0800. The van der Waals surface area contributed by atoms with E-state index in [-0.39, 0.29) is 11.6 Å². The predicted octanol–water partition coefficient (Wildman–Crippen LogP) is 2.07. The zero-order chi connectivity index (χ0) is 9.03. The number of ether oxygens (including phenoxy) is 1. The first-order valence-corrected chi connectivity index (χ1v) is 5.04. The minimum absolute atomic E-state index is 0.0260. The molecule has 0 bridgehead atoms. The van der Waals surface area contributed by atoms with Crippen LogP contribution in [0.15, 0.2) is 0 Å². The van der Waals surface area contributed by atoms with Crippen LogP contribution in [-0.4, -0.2) is 18.8 Å². The third-order valence-electron chi connectivity index (χ3n) is 3.08. The molecule has 0 spiro atoms. The summed E-state index contributed by atoms with van der Waals surface area (Å²) in [6.45, 7) is 2.15. The molecule has 0 radical (unpaired) electrons. The highest BCUT2D eigenvalue weighted by Gasteiger charge is 2.34. The fourth-order valence-corrected chi connectivity index (χ4v) is 2.34. The Morgan fingerprint density at radius 1 is 1.33 bits per heavy atom. The van der Waals surface area contributed by atoms with Gasteiger partial charge in [-0.2, -0.15) is 0 Å². The third-order valence-corrected chi connectivity index (χ3v) is 3.08. The molecule has 0 heterocycles. The molecule has 0 amide bonds. The Bertz CT molecular complexity index is 126. The van der Waals surface area contributed by atoms with E-state index in [1.807, 2.05) is 0 Å². The average molecular weight is 171 g/mol. The van der Waals surface area contributed by atoms with Crippen molar-refractivity contribution in [1.82, 2.24) is 0 Å². The van der Waals surface area contributed by atoms with Crippen LogP contribution in [0.2, 0.25) is 0 Å². The van der Waals surface area contributed by atoms with Gasteiger partial charge in [0.15, 0.2) is 0 Å². The van der Waals surface area contributed by atoms with Crippen LogP contribution in [0, 0.1) is 0 Å². The van der Waals surface area contributed by atoms with Gasteiger partial charge in [-0.05, 0) is 19.3 Å². The van der Waals surface area contributed by atoms with Crippen molar-refractivity contribution in [2.45, 2.75) is 57.1 Å². The molecule has 72 valence electrons. The lowest BCUT2D eigenvalue weighted by Crippen LogP contribution is -2.52. The van der Waals surface area contributed by atoms with E-state index in [0.717, 1.165) is 19.3 Å². The van der Waals surface area contributed by atoms with Crippen LogP contribution < -0.4 is 5.73 Å². The molecule has 0 aromatic heterocycles. The molecule has 0 saturated heterocycles. The van der Waals surface area contributed by atoms with Gasteiger partial charge in [-0.1, -0.05) is 26.2 Å². The topological polar surface area (TPSA) is 35.2 Å². The first kappa shape index (κ1) is 10.0. The number of nitrogens with two attached hydrogens (primary N) is 1. The summed E-state index contributed by atoms with van der Waals surface area (Å²) in [5.41, 5.74) is 6.27. The van der Waals surface area contributed by atoms with E-state index < -0.39 is 0 Å². The monoisotopic (exact) mass is 171 g/mol. The predicted molar refractivity (Wildman–Crippen MR) is 51.1 cm³/mol. The number of hydrogen-bond acceptors (Lipinski definition) is 2. The van der Waals surface area contributed by atoms with Gasteiger partial charge in [0.2, 0.25) is 0 Å². The molecule has 2 heteroatoms. The molecule has 1 aliphatic carbocycles. The quantitative estimate of drug-likeness (QED) is 0.705. The molecule has 1 unspecified atom stereocenters. The summed E-state index contributed by atoms with van der Waals surface area (Å²) in [6, 6.07) is 0. The second-order valence-corrected chi connectivity index (χ2v) is 3.93. The average Bonchev–Trinajstić information content (AvgIpc) is 2.07. The van der Waals surface area contributed by atoms with E-state index in [2.05, 4.69) is 6.92 Å². The summed E-state index contributed by atoms with van der Waals surface area (Å²) in [6.07, 6.45) is 7.47. The van der Waals surface area contributed by atoms with Gasteiger partial charge >= 0.3 is 0 Å². The van der Waals surface area contributed by atoms with E-state index in [1.165, 1.54) is 19.3 Å². The fraction of sp³-hybridized carbons (Fsp3) is 1.00. The second kappa shape index (κ2) is 4.24. The van der Waals surface area contributed by atoms with Crippen LogP contribution in [0.25, 0.3) is 0 Å². The highest BCUT2D eigenvalue weighted by Crippen LogP contribution is 2.31. The van der Waals surface area contributed by atoms with E-state index in [1.54, 1.807) is 7.11 Å². The third kappa shape index (κ3) is 1.99. The first-order chi connectivity index (χ1) is 5.73. The molecule has 0 aromatic carbocycles. The van der Waals surface area contributed by atoms with Crippen LogP contribution in [0.3, 0.4) is 0 Å². The van der Waals surface area contributed by atoms with Gasteiger partial charge in [-0.3, -0.25) is 0 Å². The van der Waals surface area contributed by atoms with E-state index in [9.17, 15) is 0 Å². The van der Waals surface area contributed by atoms with Crippen molar-refractivity contribution in [3.05, 3.63) is 0 Å². The van der Waals surface area contributed by atoms with Crippen LogP contribution in [0.4, 0.5) is 0 Å². The molecule has 12 heavy (non-hydrogen) atoms. The molecule has 2 nitrogen and oxygen atoms in total. The zero-order valence-corrected chi connectivity index (χ0v) is 8.31. The summed E-state index contributed by atoms with van der Waals surface area (Å²) >= 11 is 0. The molecule has 1 fully saturated rings. The van der Waals surface area contributed by atoms with Crippen molar-refractivity contribution in [2.24, 2.45) is 5.73 Å². The van der Waals surface area contributed by atoms with Gasteiger partial charge in [-0.15, -0.1) is 0 Å². The molecule has 2 N–H and O–H groups in total. The van der Waals surface area contributed by atoms with Gasteiger partial charge in [0, 0.05) is 12.6 Å². The molecule has 1 rings (SSSR count). The summed E-state index contributed by atoms with van der Waals surface area (Å²) in [5.74, 6) is 0. The molecule has 1 atom stereocenters. The first-order valence-electron chi connectivity index (χ1n) is 5.04. The van der Waals surface area contributed by atoms with Crippen molar-refractivity contribution in [1.29, 1.82) is 0 Å². The maximum Gasteiger partial charge on any atom is 0.0748 e. The smallest absolute Gasteiger partial charge is 0.0748 e.